The minimum Gasteiger partial charge on any atom is -0.229 e. The lowest BCUT2D eigenvalue weighted by atomic mass is 9.43. The monoisotopic (exact) mass is 440 g/mol. The van der Waals surface area contributed by atoms with Crippen molar-refractivity contribution in [1.29, 1.82) is 0 Å². The Bertz CT molecular complexity index is 759. The van der Waals surface area contributed by atoms with Crippen molar-refractivity contribution >= 4 is 0 Å². The highest BCUT2D eigenvalue weighted by Gasteiger charge is 2.62. The predicted molar refractivity (Wildman–Crippen MR) is 130 cm³/mol. The van der Waals surface area contributed by atoms with E-state index in [1.54, 1.807) is 0 Å². The first-order valence-electron chi connectivity index (χ1n) is 14.1. The molecule has 0 spiro atoms. The van der Waals surface area contributed by atoms with Gasteiger partial charge in [-0.05, 0) is 108 Å². The quantitative estimate of drug-likeness (QED) is 0.465. The van der Waals surface area contributed by atoms with Crippen molar-refractivity contribution in [3.05, 3.63) is 6.33 Å². The number of hydrogen-bond donors (Lipinski definition) is 0. The van der Waals surface area contributed by atoms with Gasteiger partial charge in [0, 0.05) is 0 Å². The maximum atomic E-state index is 4.45. The summed E-state index contributed by atoms with van der Waals surface area (Å²) in [6.45, 7) is 12.7. The topological polar surface area (TPSA) is 43.6 Å². The van der Waals surface area contributed by atoms with E-state index in [1.165, 1.54) is 77.0 Å². The van der Waals surface area contributed by atoms with Crippen LogP contribution < -0.4 is 0 Å². The molecule has 1 aromatic heterocycles. The van der Waals surface area contributed by atoms with E-state index in [0.29, 0.717) is 16.9 Å². The Labute approximate surface area is 196 Å². The zero-order chi connectivity index (χ0) is 22.5. The fourth-order valence-corrected chi connectivity index (χ4v) is 9.99. The first kappa shape index (κ1) is 22.8. The van der Waals surface area contributed by atoms with Crippen LogP contribution in [0, 0.1) is 52.3 Å². The molecular formula is C28H48N4. The summed E-state index contributed by atoms with van der Waals surface area (Å²) in [5.74, 6) is 6.14. The Morgan fingerprint density at radius 1 is 0.906 bits per heavy atom. The third-order valence-electron chi connectivity index (χ3n) is 11.5. The van der Waals surface area contributed by atoms with E-state index in [2.05, 4.69) is 54.8 Å². The van der Waals surface area contributed by atoms with E-state index in [9.17, 15) is 0 Å². The van der Waals surface area contributed by atoms with Gasteiger partial charge in [-0.25, -0.2) is 4.68 Å². The van der Waals surface area contributed by atoms with Crippen LogP contribution in [-0.4, -0.2) is 20.2 Å². The molecule has 9 atom stereocenters. The highest BCUT2D eigenvalue weighted by Crippen LogP contribution is 2.69. The molecule has 0 bridgehead atoms. The largest absolute Gasteiger partial charge is 0.229 e. The van der Waals surface area contributed by atoms with Crippen molar-refractivity contribution in [3.8, 4) is 0 Å². The van der Waals surface area contributed by atoms with Crippen LogP contribution in [0.2, 0.25) is 0 Å². The Morgan fingerprint density at radius 2 is 1.72 bits per heavy atom. The number of nitrogens with zero attached hydrogens (tertiary/aromatic N) is 4. The molecule has 4 fully saturated rings. The first-order chi connectivity index (χ1) is 15.3. The van der Waals surface area contributed by atoms with Crippen LogP contribution >= 0.6 is 0 Å². The summed E-state index contributed by atoms with van der Waals surface area (Å²) in [5, 5.41) is 12.5. The van der Waals surface area contributed by atoms with Gasteiger partial charge in [0.1, 0.15) is 6.33 Å². The summed E-state index contributed by atoms with van der Waals surface area (Å²) in [5.41, 5.74) is 1.04. The van der Waals surface area contributed by atoms with Gasteiger partial charge in [0.25, 0.3) is 0 Å². The summed E-state index contributed by atoms with van der Waals surface area (Å²) in [4.78, 5) is 0. The van der Waals surface area contributed by atoms with Crippen molar-refractivity contribution in [2.24, 2.45) is 52.3 Å². The second-order valence-electron chi connectivity index (χ2n) is 13.4. The maximum Gasteiger partial charge on any atom is 0.138 e. The third-order valence-corrected chi connectivity index (χ3v) is 11.5. The first-order valence-corrected chi connectivity index (χ1v) is 14.1. The van der Waals surface area contributed by atoms with E-state index in [0.717, 1.165) is 41.4 Å². The molecule has 0 aromatic carbocycles. The molecule has 4 aliphatic rings. The normalized spacial score (nSPS) is 44.7. The second kappa shape index (κ2) is 8.69. The van der Waals surface area contributed by atoms with E-state index in [4.69, 9.17) is 0 Å². The van der Waals surface area contributed by atoms with Crippen LogP contribution in [0.15, 0.2) is 6.33 Å². The molecular weight excluding hydrogens is 392 g/mol. The minimum absolute atomic E-state index is 0.486. The molecule has 0 saturated heterocycles. The van der Waals surface area contributed by atoms with Gasteiger partial charge in [-0.1, -0.05) is 66.7 Å². The fraction of sp³-hybridized carbons (Fsp3) is 0.964. The highest BCUT2D eigenvalue weighted by atomic mass is 15.5. The molecule has 5 rings (SSSR count). The van der Waals surface area contributed by atoms with Gasteiger partial charge in [-0.3, -0.25) is 0 Å². The van der Waals surface area contributed by atoms with Crippen LogP contribution in [0.1, 0.15) is 118 Å². The molecule has 0 aliphatic heterocycles. The molecule has 4 saturated carbocycles. The smallest absolute Gasteiger partial charge is 0.138 e. The number of rotatable bonds is 6. The van der Waals surface area contributed by atoms with Gasteiger partial charge in [0.15, 0.2) is 0 Å². The van der Waals surface area contributed by atoms with Crippen LogP contribution in [-0.2, 0) is 0 Å². The molecule has 4 nitrogen and oxygen atoms in total. The van der Waals surface area contributed by atoms with Crippen LogP contribution in [0.3, 0.4) is 0 Å². The lowest BCUT2D eigenvalue weighted by Crippen LogP contribution is -2.56. The van der Waals surface area contributed by atoms with Crippen LogP contribution in [0.25, 0.3) is 0 Å². The molecule has 4 aliphatic carbocycles. The molecule has 3 unspecified atom stereocenters. The third kappa shape index (κ3) is 3.66. The zero-order valence-corrected chi connectivity index (χ0v) is 21.5. The van der Waals surface area contributed by atoms with Crippen molar-refractivity contribution in [2.45, 2.75) is 118 Å². The zero-order valence-electron chi connectivity index (χ0n) is 21.5. The Morgan fingerprint density at radius 3 is 2.47 bits per heavy atom. The standard InChI is InChI=1S/C28H48N4/c1-19(2)9-8-10-20(3)22-12-13-23-21-17-26(32-18-29-30-31-32)25-11-6-7-15-27(25,4)24(21)14-16-28(22,23)5/h18-26H,6-17H2,1-5H3/t20-,21?,22-,23?,24?,25-,26-,27-,28-/m1/s1. The highest BCUT2D eigenvalue weighted by molar-refractivity contribution is 5.11. The summed E-state index contributed by atoms with van der Waals surface area (Å²) < 4.78 is 2.16. The van der Waals surface area contributed by atoms with Crippen LogP contribution in [0.4, 0.5) is 0 Å². The molecule has 1 aromatic rings. The van der Waals surface area contributed by atoms with Gasteiger partial charge in [-0.15, -0.1) is 5.10 Å². The summed E-state index contributed by atoms with van der Waals surface area (Å²) in [6, 6.07) is 0.515. The average Bonchev–Trinajstić information content (AvgIpc) is 3.40. The lowest BCUT2D eigenvalue weighted by molar-refractivity contribution is -0.135. The lowest BCUT2D eigenvalue weighted by Gasteiger charge is -2.62. The fourth-order valence-electron chi connectivity index (χ4n) is 9.99. The van der Waals surface area contributed by atoms with E-state index >= 15 is 0 Å². The number of fused-ring (bicyclic) bond motifs is 5. The molecule has 0 radical (unpaired) electrons. The van der Waals surface area contributed by atoms with Gasteiger partial charge >= 0.3 is 0 Å². The molecule has 4 heteroatoms. The molecule has 0 N–H and O–H groups in total. The Kier molecular flexibility index (Phi) is 6.20. The van der Waals surface area contributed by atoms with Crippen molar-refractivity contribution in [2.75, 3.05) is 0 Å². The van der Waals surface area contributed by atoms with Crippen LogP contribution in [0.5, 0.6) is 0 Å². The summed E-state index contributed by atoms with van der Waals surface area (Å²) in [6.07, 6.45) is 19.0. The number of aromatic nitrogens is 4. The number of hydrogen-bond acceptors (Lipinski definition) is 3. The van der Waals surface area contributed by atoms with Crippen molar-refractivity contribution < 1.29 is 0 Å². The van der Waals surface area contributed by atoms with Gasteiger partial charge in [-0.2, -0.15) is 0 Å². The van der Waals surface area contributed by atoms with Crippen molar-refractivity contribution in [3.63, 3.8) is 0 Å². The summed E-state index contributed by atoms with van der Waals surface area (Å²) >= 11 is 0. The van der Waals surface area contributed by atoms with Gasteiger partial charge < -0.3 is 0 Å². The Hall–Kier alpha value is -0.930. The van der Waals surface area contributed by atoms with E-state index < -0.39 is 0 Å². The van der Waals surface area contributed by atoms with Gasteiger partial charge in [0.2, 0.25) is 0 Å². The molecule has 180 valence electrons. The SMILES string of the molecule is CC(C)CCC[C@@H](C)[C@H]1CCC2C3C[C@@H](n4cnnn4)[C@H]4CCCC[C@]4(C)C3CC[C@@]21C. The Balaban J connectivity index is 1.39. The number of tetrazole rings is 1. The minimum atomic E-state index is 0.486. The van der Waals surface area contributed by atoms with E-state index in [1.807, 2.05) is 6.33 Å². The second-order valence-corrected chi connectivity index (χ2v) is 13.4. The van der Waals surface area contributed by atoms with Gasteiger partial charge in [0.05, 0.1) is 6.04 Å². The molecule has 0 amide bonds. The summed E-state index contributed by atoms with van der Waals surface area (Å²) in [7, 11) is 0. The molecule has 1 heterocycles. The predicted octanol–water partition coefficient (Wildman–Crippen LogP) is 7.34. The molecule has 32 heavy (non-hydrogen) atoms. The van der Waals surface area contributed by atoms with Crippen molar-refractivity contribution in [1.82, 2.24) is 20.2 Å². The maximum absolute atomic E-state index is 4.45. The average molecular weight is 441 g/mol. The van der Waals surface area contributed by atoms with E-state index in [-0.39, 0.29) is 0 Å².